The molecule has 2 rings (SSSR count). The molecule has 0 radical (unpaired) electrons. The molecular formula is C10H7ClFN3. The molecule has 0 aliphatic heterocycles. The molecule has 0 bridgehead atoms. The third kappa shape index (κ3) is 2.63. The van der Waals surface area contributed by atoms with Gasteiger partial charge >= 0.3 is 0 Å². The summed E-state index contributed by atoms with van der Waals surface area (Å²) in [6.45, 7) is 0. The first kappa shape index (κ1) is 9.86. The van der Waals surface area contributed by atoms with Crippen LogP contribution in [0.15, 0.2) is 36.7 Å². The average molecular weight is 224 g/mol. The monoisotopic (exact) mass is 223 g/mol. The molecule has 1 aromatic carbocycles. The van der Waals surface area contributed by atoms with Crippen molar-refractivity contribution in [3.8, 4) is 0 Å². The van der Waals surface area contributed by atoms with Crippen molar-refractivity contribution in [3.05, 3.63) is 47.5 Å². The molecule has 1 N–H and O–H groups in total. The van der Waals surface area contributed by atoms with E-state index in [0.717, 1.165) is 0 Å². The molecule has 15 heavy (non-hydrogen) atoms. The summed E-state index contributed by atoms with van der Waals surface area (Å²) in [6, 6.07) is 6.06. The fourth-order valence-corrected chi connectivity index (χ4v) is 1.17. The van der Waals surface area contributed by atoms with Crippen molar-refractivity contribution >= 4 is 23.2 Å². The second-order valence-electron chi connectivity index (χ2n) is 2.86. The maximum Gasteiger partial charge on any atom is 0.227 e. The molecule has 0 unspecified atom stereocenters. The van der Waals surface area contributed by atoms with E-state index in [0.29, 0.717) is 16.7 Å². The van der Waals surface area contributed by atoms with Gasteiger partial charge in [0.15, 0.2) is 0 Å². The maximum absolute atomic E-state index is 12.8. The largest absolute Gasteiger partial charge is 0.324 e. The van der Waals surface area contributed by atoms with Crippen molar-refractivity contribution in [1.82, 2.24) is 9.97 Å². The predicted molar refractivity (Wildman–Crippen MR) is 56.7 cm³/mol. The van der Waals surface area contributed by atoms with Gasteiger partial charge < -0.3 is 5.32 Å². The van der Waals surface area contributed by atoms with Crippen molar-refractivity contribution in [2.45, 2.75) is 0 Å². The number of rotatable bonds is 2. The summed E-state index contributed by atoms with van der Waals surface area (Å²) in [7, 11) is 0. The third-order valence-electron chi connectivity index (χ3n) is 1.70. The van der Waals surface area contributed by atoms with Gasteiger partial charge in [-0.2, -0.15) is 0 Å². The lowest BCUT2D eigenvalue weighted by atomic mass is 10.3. The van der Waals surface area contributed by atoms with Gasteiger partial charge in [0.25, 0.3) is 0 Å². The van der Waals surface area contributed by atoms with Crippen LogP contribution < -0.4 is 5.32 Å². The van der Waals surface area contributed by atoms with Crippen LogP contribution in [0.2, 0.25) is 5.02 Å². The van der Waals surface area contributed by atoms with E-state index in [9.17, 15) is 4.39 Å². The summed E-state index contributed by atoms with van der Waals surface area (Å²) in [5.74, 6) is 0.0685. The van der Waals surface area contributed by atoms with Crippen LogP contribution in [0, 0.1) is 5.82 Å². The minimum atomic E-state index is -0.311. The lowest BCUT2D eigenvalue weighted by Gasteiger charge is -2.03. The van der Waals surface area contributed by atoms with Gasteiger partial charge in [-0.05, 0) is 18.2 Å². The number of hydrogen-bond acceptors (Lipinski definition) is 3. The van der Waals surface area contributed by atoms with E-state index in [1.807, 2.05) is 0 Å². The second kappa shape index (κ2) is 4.23. The molecule has 0 atom stereocenters. The van der Waals surface area contributed by atoms with E-state index >= 15 is 0 Å². The molecule has 0 aliphatic carbocycles. The summed E-state index contributed by atoms with van der Waals surface area (Å²) in [5, 5.41) is 3.31. The van der Waals surface area contributed by atoms with E-state index in [4.69, 9.17) is 11.6 Å². The van der Waals surface area contributed by atoms with Crippen LogP contribution >= 0.6 is 11.6 Å². The Balaban J connectivity index is 2.18. The molecule has 5 heteroatoms. The smallest absolute Gasteiger partial charge is 0.227 e. The number of benzene rings is 1. The molecule has 0 fully saturated rings. The summed E-state index contributed by atoms with van der Waals surface area (Å²) < 4.78 is 12.8. The van der Waals surface area contributed by atoms with E-state index in [1.165, 1.54) is 24.5 Å². The summed E-state index contributed by atoms with van der Waals surface area (Å²) in [6.07, 6.45) is 2.94. The Morgan fingerprint density at radius 3 is 2.60 bits per heavy atom. The van der Waals surface area contributed by atoms with Crippen LogP contribution in [-0.2, 0) is 0 Å². The summed E-state index contributed by atoms with van der Waals surface area (Å²) >= 11 is 5.63. The SMILES string of the molecule is Fc1cccc(Nc2ncc(Cl)cn2)c1. The number of nitrogens with zero attached hydrogens (tertiary/aromatic N) is 2. The first-order chi connectivity index (χ1) is 7.24. The number of hydrogen-bond donors (Lipinski definition) is 1. The number of aromatic nitrogens is 2. The minimum Gasteiger partial charge on any atom is -0.324 e. The van der Waals surface area contributed by atoms with Gasteiger partial charge in [0.05, 0.1) is 17.4 Å². The van der Waals surface area contributed by atoms with E-state index in [1.54, 1.807) is 12.1 Å². The highest BCUT2D eigenvalue weighted by Gasteiger charge is 1.98. The number of anilines is 2. The van der Waals surface area contributed by atoms with Gasteiger partial charge in [-0.25, -0.2) is 14.4 Å². The number of halogens is 2. The standard InChI is InChI=1S/C10H7ClFN3/c11-7-5-13-10(14-6-7)15-9-3-1-2-8(12)4-9/h1-6H,(H,13,14,15). The Morgan fingerprint density at radius 2 is 1.93 bits per heavy atom. The zero-order chi connectivity index (χ0) is 10.7. The first-order valence-electron chi connectivity index (χ1n) is 4.24. The topological polar surface area (TPSA) is 37.8 Å². The van der Waals surface area contributed by atoms with Crippen LogP contribution in [-0.4, -0.2) is 9.97 Å². The summed E-state index contributed by atoms with van der Waals surface area (Å²) in [5.41, 5.74) is 0.595. The molecule has 0 saturated carbocycles. The number of nitrogens with one attached hydrogen (secondary N) is 1. The van der Waals surface area contributed by atoms with Gasteiger partial charge in [-0.3, -0.25) is 0 Å². The second-order valence-corrected chi connectivity index (χ2v) is 3.30. The van der Waals surface area contributed by atoms with Crippen LogP contribution in [0.4, 0.5) is 16.0 Å². The molecule has 3 nitrogen and oxygen atoms in total. The molecular weight excluding hydrogens is 217 g/mol. The molecule has 0 spiro atoms. The Labute approximate surface area is 90.9 Å². The molecule has 1 aromatic heterocycles. The molecule has 0 saturated heterocycles. The van der Waals surface area contributed by atoms with Crippen molar-refractivity contribution < 1.29 is 4.39 Å². The zero-order valence-corrected chi connectivity index (χ0v) is 8.37. The molecule has 1 heterocycles. The molecule has 0 amide bonds. The highest BCUT2D eigenvalue weighted by molar-refractivity contribution is 6.30. The Hall–Kier alpha value is -1.68. The molecule has 2 aromatic rings. The Kier molecular flexibility index (Phi) is 2.78. The zero-order valence-electron chi connectivity index (χ0n) is 7.61. The highest BCUT2D eigenvalue weighted by Crippen LogP contribution is 2.14. The average Bonchev–Trinajstić information content (AvgIpc) is 2.22. The fraction of sp³-hybridized carbons (Fsp3) is 0. The lowest BCUT2D eigenvalue weighted by molar-refractivity contribution is 0.628. The van der Waals surface area contributed by atoms with Gasteiger partial charge in [0.2, 0.25) is 5.95 Å². The van der Waals surface area contributed by atoms with Crippen LogP contribution in [0.25, 0.3) is 0 Å². The predicted octanol–water partition coefficient (Wildman–Crippen LogP) is 3.01. The normalized spacial score (nSPS) is 10.0. The van der Waals surface area contributed by atoms with Crippen LogP contribution in [0.3, 0.4) is 0 Å². The van der Waals surface area contributed by atoms with Gasteiger partial charge in [-0.15, -0.1) is 0 Å². The Bertz CT molecular complexity index is 458. The molecule has 76 valence electrons. The van der Waals surface area contributed by atoms with E-state index in [-0.39, 0.29) is 5.82 Å². The lowest BCUT2D eigenvalue weighted by Crippen LogP contribution is -1.96. The fourth-order valence-electron chi connectivity index (χ4n) is 1.07. The maximum atomic E-state index is 12.8. The van der Waals surface area contributed by atoms with Gasteiger partial charge in [0, 0.05) is 5.69 Å². The quantitative estimate of drug-likeness (QED) is 0.851. The minimum absolute atomic E-state index is 0.311. The highest BCUT2D eigenvalue weighted by atomic mass is 35.5. The third-order valence-corrected chi connectivity index (χ3v) is 1.90. The first-order valence-corrected chi connectivity index (χ1v) is 4.62. The Morgan fingerprint density at radius 1 is 1.20 bits per heavy atom. The van der Waals surface area contributed by atoms with Crippen molar-refractivity contribution in [1.29, 1.82) is 0 Å². The van der Waals surface area contributed by atoms with Crippen molar-refractivity contribution in [2.75, 3.05) is 5.32 Å². The van der Waals surface area contributed by atoms with E-state index < -0.39 is 0 Å². The van der Waals surface area contributed by atoms with Crippen LogP contribution in [0.1, 0.15) is 0 Å². The molecule has 0 aliphatic rings. The van der Waals surface area contributed by atoms with Crippen molar-refractivity contribution in [3.63, 3.8) is 0 Å². The van der Waals surface area contributed by atoms with Gasteiger partial charge in [-0.1, -0.05) is 17.7 Å². The van der Waals surface area contributed by atoms with Gasteiger partial charge in [0.1, 0.15) is 5.82 Å². The summed E-state index contributed by atoms with van der Waals surface area (Å²) in [4.78, 5) is 7.85. The van der Waals surface area contributed by atoms with Crippen molar-refractivity contribution in [2.24, 2.45) is 0 Å². The van der Waals surface area contributed by atoms with E-state index in [2.05, 4.69) is 15.3 Å². The van der Waals surface area contributed by atoms with Crippen LogP contribution in [0.5, 0.6) is 0 Å².